The third kappa shape index (κ3) is 8.57. The fraction of sp³-hybridized carbons (Fsp3) is 0.182. The Kier molecular flexibility index (Phi) is 11.5. The molecule has 304 valence electrons. The molecular formula is C44H39N7O7S2. The van der Waals surface area contributed by atoms with E-state index >= 15 is 0 Å². The Morgan fingerprint density at radius 3 is 2.23 bits per heavy atom. The van der Waals surface area contributed by atoms with E-state index in [2.05, 4.69) is 19.7 Å². The monoisotopic (exact) mass is 841 g/mol. The van der Waals surface area contributed by atoms with Crippen LogP contribution in [0.3, 0.4) is 0 Å². The average Bonchev–Trinajstić information content (AvgIpc) is 3.23. The van der Waals surface area contributed by atoms with Gasteiger partial charge in [0, 0.05) is 23.9 Å². The molecule has 1 fully saturated rings. The zero-order valence-corrected chi connectivity index (χ0v) is 34.4. The topological polar surface area (TPSA) is 218 Å². The third-order valence-electron chi connectivity index (χ3n) is 10.2. The van der Waals surface area contributed by atoms with E-state index in [0.29, 0.717) is 70.8 Å². The number of benzene rings is 6. The molecule has 1 aliphatic rings. The van der Waals surface area contributed by atoms with Crippen LogP contribution in [-0.2, 0) is 31.2 Å². The second-order valence-electron chi connectivity index (χ2n) is 14.3. The molecule has 1 heterocycles. The smallest absolute Gasteiger partial charge is 0.264 e. The molecule has 60 heavy (non-hydrogen) atoms. The number of morpholine rings is 1. The first-order valence-corrected chi connectivity index (χ1v) is 21.7. The Labute approximate surface area is 347 Å². The van der Waals surface area contributed by atoms with E-state index < -0.39 is 20.0 Å². The number of ether oxygens (including phenoxy) is 1. The van der Waals surface area contributed by atoms with Gasteiger partial charge in [0.25, 0.3) is 20.0 Å². The number of phenolic OH excluding ortho intramolecular Hbond substituents is 2. The zero-order valence-electron chi connectivity index (χ0n) is 32.8. The van der Waals surface area contributed by atoms with Gasteiger partial charge in [-0.3, -0.25) is 9.44 Å². The molecule has 16 heteroatoms. The summed E-state index contributed by atoms with van der Waals surface area (Å²) in [5.41, 5.74) is 4.91. The van der Waals surface area contributed by atoms with Crippen LogP contribution in [0.2, 0.25) is 0 Å². The van der Waals surface area contributed by atoms with Crippen molar-refractivity contribution < 1.29 is 31.8 Å². The van der Waals surface area contributed by atoms with Gasteiger partial charge in [-0.15, -0.1) is 5.11 Å². The fourth-order valence-electron chi connectivity index (χ4n) is 6.98. The number of aryl methyl sites for hydroxylation is 3. The minimum Gasteiger partial charge on any atom is -0.507 e. The van der Waals surface area contributed by atoms with Gasteiger partial charge in [0.2, 0.25) is 0 Å². The van der Waals surface area contributed by atoms with Gasteiger partial charge in [-0.05, 0) is 122 Å². The highest BCUT2D eigenvalue weighted by atomic mass is 32.2. The molecule has 4 N–H and O–H groups in total. The SMILES string of the molecule is Cc1cc(O)c(NS(=O)(=O)c2cc(NS(=O)(=O)c3cccc(Cc4cccc5c(O)c(C)cc(N=Nc6ccc(C#N)c(C#N)c6)c45)c3)ccc2N2CCOCC2)cc1C. The number of phenols is 2. The summed E-state index contributed by atoms with van der Waals surface area (Å²) in [4.78, 5) is 1.58. The molecule has 0 unspecified atom stereocenters. The Hall–Kier alpha value is -6.98. The number of nitriles is 2. The Morgan fingerprint density at radius 2 is 1.48 bits per heavy atom. The Morgan fingerprint density at radius 1 is 0.750 bits per heavy atom. The van der Waals surface area contributed by atoms with Crippen LogP contribution < -0.4 is 14.3 Å². The number of sulfonamides is 2. The number of nitrogens with zero attached hydrogens (tertiary/aromatic N) is 5. The lowest BCUT2D eigenvalue weighted by Crippen LogP contribution is -2.37. The van der Waals surface area contributed by atoms with Crippen molar-refractivity contribution in [1.82, 2.24) is 0 Å². The fourth-order valence-corrected chi connectivity index (χ4v) is 9.41. The van der Waals surface area contributed by atoms with Crippen LogP contribution in [0.1, 0.15) is 38.9 Å². The van der Waals surface area contributed by atoms with Crippen molar-refractivity contribution in [1.29, 1.82) is 10.5 Å². The van der Waals surface area contributed by atoms with Crippen molar-refractivity contribution in [2.45, 2.75) is 37.0 Å². The highest BCUT2D eigenvalue weighted by Crippen LogP contribution is 2.40. The molecule has 0 spiro atoms. The number of rotatable bonds is 11. The Bertz CT molecular complexity index is 3020. The lowest BCUT2D eigenvalue weighted by Gasteiger charge is -2.30. The molecule has 1 saturated heterocycles. The van der Waals surface area contributed by atoms with Crippen molar-refractivity contribution in [3.05, 3.63) is 136 Å². The largest absolute Gasteiger partial charge is 0.507 e. The summed E-state index contributed by atoms with van der Waals surface area (Å²) in [6.07, 6.45) is 0.231. The van der Waals surface area contributed by atoms with Crippen molar-refractivity contribution >= 4 is 59.3 Å². The van der Waals surface area contributed by atoms with Crippen molar-refractivity contribution in [3.63, 3.8) is 0 Å². The lowest BCUT2D eigenvalue weighted by molar-refractivity contribution is 0.122. The zero-order chi connectivity index (χ0) is 42.8. The normalized spacial score (nSPS) is 13.2. The van der Waals surface area contributed by atoms with Crippen LogP contribution in [0.15, 0.2) is 117 Å². The van der Waals surface area contributed by atoms with Crippen LogP contribution >= 0.6 is 0 Å². The lowest BCUT2D eigenvalue weighted by atomic mass is 9.95. The van der Waals surface area contributed by atoms with Crippen LogP contribution in [0.4, 0.5) is 28.4 Å². The molecule has 6 aromatic carbocycles. The van der Waals surface area contributed by atoms with Gasteiger partial charge in [-0.1, -0.05) is 30.3 Å². The number of hydrogen-bond acceptors (Lipinski definition) is 12. The molecule has 0 aromatic heterocycles. The van der Waals surface area contributed by atoms with Crippen LogP contribution in [0, 0.1) is 43.4 Å². The van der Waals surface area contributed by atoms with Crippen LogP contribution in [0.5, 0.6) is 11.5 Å². The molecule has 0 aliphatic carbocycles. The summed E-state index contributed by atoms with van der Waals surface area (Å²) in [5.74, 6) is -0.195. The summed E-state index contributed by atoms with van der Waals surface area (Å²) in [7, 11) is -8.64. The molecular weight excluding hydrogens is 803 g/mol. The number of azo groups is 1. The number of nitrogens with one attached hydrogen (secondary N) is 2. The molecule has 0 radical (unpaired) electrons. The summed E-state index contributed by atoms with van der Waals surface area (Å²) in [6, 6.07) is 29.2. The summed E-state index contributed by atoms with van der Waals surface area (Å²) in [5, 5.41) is 50.3. The summed E-state index contributed by atoms with van der Waals surface area (Å²) >= 11 is 0. The van der Waals surface area contributed by atoms with Gasteiger partial charge in [0.1, 0.15) is 28.5 Å². The van der Waals surface area contributed by atoms with Gasteiger partial charge < -0.3 is 19.8 Å². The maximum atomic E-state index is 14.0. The van der Waals surface area contributed by atoms with Crippen molar-refractivity contribution in [2.75, 3.05) is 40.6 Å². The number of aromatic hydroxyl groups is 2. The highest BCUT2D eigenvalue weighted by molar-refractivity contribution is 7.93. The third-order valence-corrected chi connectivity index (χ3v) is 13.0. The second kappa shape index (κ2) is 16.7. The van der Waals surface area contributed by atoms with E-state index in [1.807, 2.05) is 23.1 Å². The number of hydrogen-bond donors (Lipinski definition) is 4. The molecule has 0 amide bonds. The van der Waals surface area contributed by atoms with E-state index in [9.17, 15) is 37.6 Å². The van der Waals surface area contributed by atoms with Crippen LogP contribution in [0.25, 0.3) is 10.8 Å². The average molecular weight is 842 g/mol. The number of anilines is 3. The first-order chi connectivity index (χ1) is 28.7. The van der Waals surface area contributed by atoms with Gasteiger partial charge >= 0.3 is 0 Å². The molecule has 1 aliphatic heterocycles. The maximum absolute atomic E-state index is 14.0. The van der Waals surface area contributed by atoms with E-state index in [1.54, 1.807) is 63.2 Å². The number of fused-ring (bicyclic) bond motifs is 1. The van der Waals surface area contributed by atoms with Gasteiger partial charge in [-0.25, -0.2) is 16.8 Å². The first-order valence-electron chi connectivity index (χ1n) is 18.7. The first kappa shape index (κ1) is 41.2. The quantitative estimate of drug-likeness (QED) is 0.0722. The van der Waals surface area contributed by atoms with Crippen molar-refractivity contribution in [3.8, 4) is 23.6 Å². The standard InChI is InChI=1S/C44H39N7O7S2/c1-27-18-38(41(52)20-28(27)2)50-60(56,57)42-24-35(12-13-40(42)51-14-16-58-17-15-51)49-59(54,55)36-8-4-6-30(22-36)21-31-7-5-9-37-43(31)39(19-29(3)44(37)53)48-47-34-11-10-32(25-45)33(23-34)26-46/h4-13,18-20,22-24,49-50,52-53H,14-17,21H2,1-3H3. The predicted molar refractivity (Wildman–Crippen MR) is 228 cm³/mol. The van der Waals surface area contributed by atoms with E-state index in [0.717, 1.165) is 11.1 Å². The van der Waals surface area contributed by atoms with Gasteiger partial charge in [-0.2, -0.15) is 15.6 Å². The Balaban J connectivity index is 1.21. The van der Waals surface area contributed by atoms with Gasteiger partial charge in [0.15, 0.2) is 0 Å². The minimum atomic E-state index is -4.37. The minimum absolute atomic E-state index is 0.00107. The summed E-state index contributed by atoms with van der Waals surface area (Å²) in [6.45, 7) is 6.90. The molecule has 0 saturated carbocycles. The van der Waals surface area contributed by atoms with E-state index in [4.69, 9.17) is 4.74 Å². The molecule has 0 bridgehead atoms. The summed E-state index contributed by atoms with van der Waals surface area (Å²) < 4.78 is 66.5. The highest BCUT2D eigenvalue weighted by Gasteiger charge is 2.27. The predicted octanol–water partition coefficient (Wildman–Crippen LogP) is 8.36. The molecule has 0 atom stereocenters. The maximum Gasteiger partial charge on any atom is 0.264 e. The molecule has 7 rings (SSSR count). The van der Waals surface area contributed by atoms with Crippen molar-refractivity contribution in [2.24, 2.45) is 10.2 Å². The molecule has 14 nitrogen and oxygen atoms in total. The van der Waals surface area contributed by atoms with E-state index in [1.165, 1.54) is 48.5 Å². The second-order valence-corrected chi connectivity index (χ2v) is 17.7. The van der Waals surface area contributed by atoms with Crippen LogP contribution in [-0.4, -0.2) is 53.4 Å². The van der Waals surface area contributed by atoms with Gasteiger partial charge in [0.05, 0.1) is 57.7 Å². The van der Waals surface area contributed by atoms with E-state index in [-0.39, 0.29) is 50.2 Å². The molecule has 6 aromatic rings.